The zero-order chi connectivity index (χ0) is 15.7. The van der Waals surface area contributed by atoms with Crippen LogP contribution in [0.3, 0.4) is 0 Å². The molecular weight excluding hydrogens is 289 g/mol. The third-order valence-electron chi connectivity index (χ3n) is 3.94. The van der Waals surface area contributed by atoms with Gasteiger partial charge in [0, 0.05) is 13.1 Å². The first kappa shape index (κ1) is 14.5. The zero-order valence-corrected chi connectivity index (χ0v) is 11.9. The maximum atomic E-state index is 12.9. The molecule has 2 fully saturated rings. The van der Waals surface area contributed by atoms with E-state index in [1.165, 1.54) is 24.3 Å². The van der Waals surface area contributed by atoms with Crippen LogP contribution >= 0.6 is 0 Å². The van der Waals surface area contributed by atoms with Gasteiger partial charge in [-0.3, -0.25) is 9.59 Å². The third kappa shape index (κ3) is 2.66. The number of carbonyl (C=O) groups excluding carboxylic acids is 3. The molecule has 0 saturated carbocycles. The molecule has 1 aromatic carbocycles. The second kappa shape index (κ2) is 5.75. The van der Waals surface area contributed by atoms with Crippen molar-refractivity contribution in [3.63, 3.8) is 0 Å². The summed E-state index contributed by atoms with van der Waals surface area (Å²) in [6.07, 6.45) is 1.90. The second-order valence-electron chi connectivity index (χ2n) is 5.44. The SMILES string of the molecule is O=C(C[C@@H]1NC(=O)N(c2ccc(F)cc2)C1=O)N1CCCC1. The Morgan fingerprint density at radius 2 is 1.82 bits per heavy atom. The summed E-state index contributed by atoms with van der Waals surface area (Å²) in [7, 11) is 0. The molecule has 22 heavy (non-hydrogen) atoms. The first-order chi connectivity index (χ1) is 10.6. The largest absolute Gasteiger partial charge is 0.343 e. The Bertz CT molecular complexity index is 611. The molecule has 1 N–H and O–H groups in total. The summed E-state index contributed by atoms with van der Waals surface area (Å²) in [6.45, 7) is 1.41. The Hall–Kier alpha value is -2.44. The number of halogens is 1. The van der Waals surface area contributed by atoms with E-state index in [9.17, 15) is 18.8 Å². The normalized spacial score (nSPS) is 21.4. The van der Waals surface area contributed by atoms with Gasteiger partial charge < -0.3 is 10.2 Å². The van der Waals surface area contributed by atoms with Crippen LogP contribution in [-0.2, 0) is 9.59 Å². The number of nitrogens with zero attached hydrogens (tertiary/aromatic N) is 2. The molecule has 7 heteroatoms. The van der Waals surface area contributed by atoms with Gasteiger partial charge in [0.15, 0.2) is 0 Å². The average Bonchev–Trinajstić information content (AvgIpc) is 3.10. The number of nitrogens with one attached hydrogen (secondary N) is 1. The van der Waals surface area contributed by atoms with Crippen molar-refractivity contribution in [2.45, 2.75) is 25.3 Å². The molecule has 1 aromatic rings. The van der Waals surface area contributed by atoms with Crippen LogP contribution in [-0.4, -0.2) is 41.9 Å². The third-order valence-corrected chi connectivity index (χ3v) is 3.94. The molecule has 0 aromatic heterocycles. The average molecular weight is 305 g/mol. The van der Waals surface area contributed by atoms with Gasteiger partial charge in [-0.15, -0.1) is 0 Å². The van der Waals surface area contributed by atoms with E-state index in [0.29, 0.717) is 18.8 Å². The van der Waals surface area contributed by atoms with Crippen molar-refractivity contribution < 1.29 is 18.8 Å². The summed E-state index contributed by atoms with van der Waals surface area (Å²) < 4.78 is 12.9. The maximum Gasteiger partial charge on any atom is 0.329 e. The van der Waals surface area contributed by atoms with Crippen LogP contribution in [0.15, 0.2) is 24.3 Å². The molecule has 0 radical (unpaired) electrons. The number of likely N-dealkylation sites (tertiary alicyclic amines) is 1. The Labute approximate surface area is 126 Å². The zero-order valence-electron chi connectivity index (χ0n) is 11.9. The lowest BCUT2D eigenvalue weighted by molar-refractivity contribution is -0.132. The van der Waals surface area contributed by atoms with E-state index >= 15 is 0 Å². The number of benzene rings is 1. The van der Waals surface area contributed by atoms with Gasteiger partial charge in [-0.1, -0.05) is 0 Å². The first-order valence-corrected chi connectivity index (χ1v) is 7.24. The van der Waals surface area contributed by atoms with Crippen LogP contribution in [0.4, 0.5) is 14.9 Å². The minimum absolute atomic E-state index is 0.0394. The highest BCUT2D eigenvalue weighted by atomic mass is 19.1. The Morgan fingerprint density at radius 1 is 1.18 bits per heavy atom. The summed E-state index contributed by atoms with van der Waals surface area (Å²) in [4.78, 5) is 39.0. The lowest BCUT2D eigenvalue weighted by Gasteiger charge is -2.17. The highest BCUT2D eigenvalue weighted by Gasteiger charge is 2.40. The molecular formula is C15H16FN3O3. The minimum atomic E-state index is -0.856. The van der Waals surface area contributed by atoms with Crippen molar-refractivity contribution in [1.82, 2.24) is 10.2 Å². The fourth-order valence-corrected chi connectivity index (χ4v) is 2.77. The number of hydrogen-bond acceptors (Lipinski definition) is 3. The molecule has 3 rings (SSSR count). The van der Waals surface area contributed by atoms with Crippen LogP contribution in [0.2, 0.25) is 0 Å². The predicted octanol–water partition coefficient (Wildman–Crippen LogP) is 1.26. The molecule has 116 valence electrons. The molecule has 1 atom stereocenters. The van der Waals surface area contributed by atoms with Crippen molar-refractivity contribution in [3.05, 3.63) is 30.1 Å². The summed E-state index contributed by atoms with van der Waals surface area (Å²) >= 11 is 0. The van der Waals surface area contributed by atoms with Crippen molar-refractivity contribution in [1.29, 1.82) is 0 Å². The van der Waals surface area contributed by atoms with Crippen molar-refractivity contribution in [2.24, 2.45) is 0 Å². The molecule has 0 spiro atoms. The molecule has 2 aliphatic rings. The molecule has 0 bridgehead atoms. The number of carbonyl (C=O) groups is 3. The molecule has 6 nitrogen and oxygen atoms in total. The van der Waals surface area contributed by atoms with E-state index in [1.54, 1.807) is 4.90 Å². The van der Waals surface area contributed by atoms with Gasteiger partial charge in [0.1, 0.15) is 11.9 Å². The van der Waals surface area contributed by atoms with Crippen LogP contribution in [0.25, 0.3) is 0 Å². The number of amides is 4. The van der Waals surface area contributed by atoms with E-state index in [2.05, 4.69) is 5.32 Å². The van der Waals surface area contributed by atoms with Gasteiger partial charge in [-0.2, -0.15) is 0 Å². The fourth-order valence-electron chi connectivity index (χ4n) is 2.77. The van der Waals surface area contributed by atoms with Crippen molar-refractivity contribution in [3.8, 4) is 0 Å². The monoisotopic (exact) mass is 305 g/mol. The molecule has 0 aliphatic carbocycles. The highest BCUT2D eigenvalue weighted by molar-refractivity contribution is 6.22. The molecule has 4 amide bonds. The molecule has 2 heterocycles. The van der Waals surface area contributed by atoms with Crippen LogP contribution in [0, 0.1) is 5.82 Å². The Kier molecular flexibility index (Phi) is 3.79. The highest BCUT2D eigenvalue weighted by Crippen LogP contribution is 2.21. The van der Waals surface area contributed by atoms with E-state index in [0.717, 1.165) is 17.7 Å². The van der Waals surface area contributed by atoms with E-state index in [4.69, 9.17) is 0 Å². The van der Waals surface area contributed by atoms with Crippen LogP contribution in [0.5, 0.6) is 0 Å². The van der Waals surface area contributed by atoms with Crippen LogP contribution < -0.4 is 10.2 Å². The summed E-state index contributed by atoms with van der Waals surface area (Å²) in [5.74, 6) is -1.06. The van der Waals surface area contributed by atoms with Gasteiger partial charge in [0.25, 0.3) is 5.91 Å². The van der Waals surface area contributed by atoms with Gasteiger partial charge in [0.05, 0.1) is 12.1 Å². The van der Waals surface area contributed by atoms with Gasteiger partial charge in [-0.05, 0) is 37.1 Å². The Morgan fingerprint density at radius 3 is 2.45 bits per heavy atom. The maximum absolute atomic E-state index is 12.9. The first-order valence-electron chi connectivity index (χ1n) is 7.24. The smallest absolute Gasteiger partial charge is 0.329 e. The van der Waals surface area contributed by atoms with Crippen molar-refractivity contribution in [2.75, 3.05) is 18.0 Å². The number of anilines is 1. The molecule has 2 saturated heterocycles. The van der Waals surface area contributed by atoms with E-state index in [1.807, 2.05) is 0 Å². The van der Waals surface area contributed by atoms with Gasteiger partial charge >= 0.3 is 6.03 Å². The van der Waals surface area contributed by atoms with E-state index < -0.39 is 23.8 Å². The standard InChI is InChI=1S/C15H16FN3O3/c16-10-3-5-11(6-4-10)19-14(21)12(17-15(19)22)9-13(20)18-7-1-2-8-18/h3-6,12H,1-2,7-9H2,(H,17,22)/t12-/m0/s1. The fraction of sp³-hybridized carbons (Fsp3) is 0.400. The second-order valence-corrected chi connectivity index (χ2v) is 5.44. The molecule has 2 aliphatic heterocycles. The lowest BCUT2D eigenvalue weighted by Crippen LogP contribution is -2.37. The lowest BCUT2D eigenvalue weighted by atomic mass is 10.2. The van der Waals surface area contributed by atoms with Gasteiger partial charge in [-0.25, -0.2) is 14.1 Å². The van der Waals surface area contributed by atoms with Crippen molar-refractivity contribution >= 4 is 23.5 Å². The summed E-state index contributed by atoms with van der Waals surface area (Å²) in [5, 5.41) is 2.52. The number of urea groups is 1. The van der Waals surface area contributed by atoms with Gasteiger partial charge in [0.2, 0.25) is 5.91 Å². The number of rotatable bonds is 3. The van der Waals surface area contributed by atoms with E-state index in [-0.39, 0.29) is 12.3 Å². The summed E-state index contributed by atoms with van der Waals surface area (Å²) in [5.41, 5.74) is 0.292. The summed E-state index contributed by atoms with van der Waals surface area (Å²) in [6, 6.07) is 3.63. The quantitative estimate of drug-likeness (QED) is 0.855. The predicted molar refractivity (Wildman–Crippen MR) is 76.6 cm³/mol. The minimum Gasteiger partial charge on any atom is -0.343 e. The number of hydrogen-bond donors (Lipinski definition) is 1. The Balaban J connectivity index is 1.71. The number of imide groups is 1. The van der Waals surface area contributed by atoms with Crippen LogP contribution in [0.1, 0.15) is 19.3 Å². The topological polar surface area (TPSA) is 69.7 Å². The molecule has 0 unspecified atom stereocenters.